The van der Waals surface area contributed by atoms with Gasteiger partial charge in [-0.1, -0.05) is 0 Å². The highest BCUT2D eigenvalue weighted by Crippen LogP contribution is 1.94. The van der Waals surface area contributed by atoms with Gasteiger partial charge in [-0.15, -0.1) is 0 Å². The van der Waals surface area contributed by atoms with Crippen LogP contribution in [0.3, 0.4) is 0 Å². The Kier molecular flexibility index (Phi) is 3.61. The van der Waals surface area contributed by atoms with Crippen LogP contribution in [-0.4, -0.2) is 26.3 Å². The number of aryl methyl sites for hydroxylation is 1. The molecule has 0 aliphatic rings. The van der Waals surface area contributed by atoms with E-state index in [0.717, 1.165) is 24.5 Å². The minimum absolute atomic E-state index is 0.702. The largest absolute Gasteiger partial charge is 0.309 e. The van der Waals surface area contributed by atoms with E-state index in [-0.39, 0.29) is 0 Å². The third kappa shape index (κ3) is 3.13. The lowest BCUT2D eigenvalue weighted by molar-refractivity contribution is 0.645. The Hall–Kier alpha value is -1.75. The van der Waals surface area contributed by atoms with Gasteiger partial charge in [-0.3, -0.25) is 4.68 Å². The van der Waals surface area contributed by atoms with E-state index in [0.29, 0.717) is 6.54 Å². The van der Waals surface area contributed by atoms with Crippen LogP contribution in [0.5, 0.6) is 0 Å². The Bertz CT molecular complexity index is 423. The molecule has 0 saturated heterocycles. The van der Waals surface area contributed by atoms with E-state index in [1.165, 1.54) is 0 Å². The molecule has 0 bridgehead atoms. The summed E-state index contributed by atoms with van der Waals surface area (Å²) in [5, 5.41) is 7.59. The van der Waals surface area contributed by atoms with Crippen molar-refractivity contribution in [2.24, 2.45) is 7.05 Å². The van der Waals surface area contributed by atoms with E-state index >= 15 is 0 Å². The summed E-state index contributed by atoms with van der Waals surface area (Å²) < 4.78 is 1.82. The molecule has 16 heavy (non-hydrogen) atoms. The molecule has 0 saturated carbocycles. The summed E-state index contributed by atoms with van der Waals surface area (Å²) in [4.78, 5) is 8.27. The van der Waals surface area contributed by atoms with Gasteiger partial charge in [0.1, 0.15) is 5.82 Å². The van der Waals surface area contributed by atoms with E-state index in [1.807, 2.05) is 30.1 Å². The minimum Gasteiger partial charge on any atom is -0.309 e. The summed E-state index contributed by atoms with van der Waals surface area (Å²) in [6.45, 7) is 1.59. The Labute approximate surface area is 94.5 Å². The molecule has 0 unspecified atom stereocenters. The van der Waals surface area contributed by atoms with Crippen molar-refractivity contribution in [1.82, 2.24) is 25.1 Å². The zero-order chi connectivity index (χ0) is 11.2. The van der Waals surface area contributed by atoms with Gasteiger partial charge in [-0.25, -0.2) is 9.97 Å². The third-order valence-electron chi connectivity index (χ3n) is 2.23. The predicted octanol–water partition coefficient (Wildman–Crippen LogP) is 0.542. The normalized spacial score (nSPS) is 10.6. The lowest BCUT2D eigenvalue weighted by Gasteiger charge is -2.01. The smallest absolute Gasteiger partial charge is 0.141 e. The van der Waals surface area contributed by atoms with Crippen molar-refractivity contribution in [3.63, 3.8) is 0 Å². The summed E-state index contributed by atoms with van der Waals surface area (Å²) >= 11 is 0. The van der Waals surface area contributed by atoms with Gasteiger partial charge >= 0.3 is 0 Å². The molecule has 0 spiro atoms. The number of nitrogens with one attached hydrogen (secondary N) is 1. The maximum atomic E-state index is 4.30. The number of hydrogen-bond acceptors (Lipinski definition) is 4. The summed E-state index contributed by atoms with van der Waals surface area (Å²) in [6.07, 6.45) is 6.38. The molecule has 2 heterocycles. The first kappa shape index (κ1) is 10.8. The fourth-order valence-corrected chi connectivity index (χ4v) is 1.43. The molecule has 2 aromatic rings. The number of aromatic nitrogens is 4. The molecule has 0 aromatic carbocycles. The molecule has 0 radical (unpaired) electrons. The molecule has 5 nitrogen and oxygen atoms in total. The maximum absolute atomic E-state index is 4.30. The van der Waals surface area contributed by atoms with Gasteiger partial charge in [0, 0.05) is 38.6 Å². The average molecular weight is 217 g/mol. The molecule has 0 amide bonds. The first-order chi connectivity index (χ1) is 7.84. The lowest BCUT2D eigenvalue weighted by Crippen LogP contribution is -2.18. The Morgan fingerprint density at radius 2 is 2.12 bits per heavy atom. The van der Waals surface area contributed by atoms with Crippen LogP contribution in [0.1, 0.15) is 11.5 Å². The zero-order valence-corrected chi connectivity index (χ0v) is 9.30. The molecular weight excluding hydrogens is 202 g/mol. The van der Waals surface area contributed by atoms with Crippen LogP contribution in [0, 0.1) is 0 Å². The molecule has 1 N–H and O–H groups in total. The minimum atomic E-state index is 0.702. The number of nitrogens with zero attached hydrogens (tertiary/aromatic N) is 4. The SMILES string of the molecule is Cn1ccc(CCNCc2ncccn2)n1. The highest BCUT2D eigenvalue weighted by molar-refractivity contribution is 4.99. The van der Waals surface area contributed by atoms with E-state index in [4.69, 9.17) is 0 Å². The zero-order valence-electron chi connectivity index (χ0n) is 9.30. The Balaban J connectivity index is 1.69. The van der Waals surface area contributed by atoms with Crippen LogP contribution in [-0.2, 0) is 20.0 Å². The van der Waals surface area contributed by atoms with E-state index in [1.54, 1.807) is 12.4 Å². The van der Waals surface area contributed by atoms with Gasteiger partial charge in [0.15, 0.2) is 0 Å². The molecule has 2 aromatic heterocycles. The van der Waals surface area contributed by atoms with Crippen molar-refractivity contribution in [3.8, 4) is 0 Å². The second-order valence-corrected chi connectivity index (χ2v) is 3.57. The van der Waals surface area contributed by atoms with Gasteiger partial charge < -0.3 is 5.32 Å². The molecular formula is C11H15N5. The van der Waals surface area contributed by atoms with Crippen LogP contribution < -0.4 is 5.32 Å². The standard InChI is InChI=1S/C11H15N5/c1-16-8-4-10(15-16)3-7-12-9-11-13-5-2-6-14-11/h2,4-6,8,12H,3,7,9H2,1H3. The van der Waals surface area contributed by atoms with Gasteiger partial charge in [0.2, 0.25) is 0 Å². The van der Waals surface area contributed by atoms with E-state index < -0.39 is 0 Å². The molecule has 2 rings (SSSR count). The molecule has 5 heteroatoms. The van der Waals surface area contributed by atoms with E-state index in [9.17, 15) is 0 Å². The second kappa shape index (κ2) is 5.37. The highest BCUT2D eigenvalue weighted by Gasteiger charge is 1.97. The van der Waals surface area contributed by atoms with Crippen molar-refractivity contribution in [3.05, 3.63) is 42.2 Å². The summed E-state index contributed by atoms with van der Waals surface area (Å²) in [7, 11) is 1.93. The van der Waals surface area contributed by atoms with Crippen LogP contribution in [0.4, 0.5) is 0 Å². The topological polar surface area (TPSA) is 55.6 Å². The second-order valence-electron chi connectivity index (χ2n) is 3.57. The fraction of sp³-hybridized carbons (Fsp3) is 0.364. The summed E-state index contributed by atoms with van der Waals surface area (Å²) in [6, 6.07) is 3.85. The van der Waals surface area contributed by atoms with Crippen molar-refractivity contribution in [1.29, 1.82) is 0 Å². The van der Waals surface area contributed by atoms with Gasteiger partial charge in [0.25, 0.3) is 0 Å². The average Bonchev–Trinajstić information content (AvgIpc) is 2.72. The lowest BCUT2D eigenvalue weighted by atomic mass is 10.3. The van der Waals surface area contributed by atoms with Crippen LogP contribution in [0.15, 0.2) is 30.7 Å². The maximum Gasteiger partial charge on any atom is 0.141 e. The van der Waals surface area contributed by atoms with Crippen LogP contribution >= 0.6 is 0 Å². The van der Waals surface area contributed by atoms with Gasteiger partial charge in [0.05, 0.1) is 12.2 Å². The van der Waals surface area contributed by atoms with Crippen molar-refractivity contribution in [2.45, 2.75) is 13.0 Å². The monoisotopic (exact) mass is 217 g/mol. The Morgan fingerprint density at radius 1 is 1.31 bits per heavy atom. The summed E-state index contributed by atoms with van der Waals surface area (Å²) in [5.41, 5.74) is 1.10. The molecule has 0 aliphatic heterocycles. The van der Waals surface area contributed by atoms with Crippen LogP contribution in [0.2, 0.25) is 0 Å². The first-order valence-corrected chi connectivity index (χ1v) is 5.30. The van der Waals surface area contributed by atoms with Gasteiger partial charge in [-0.2, -0.15) is 5.10 Å². The van der Waals surface area contributed by atoms with Crippen molar-refractivity contribution >= 4 is 0 Å². The van der Waals surface area contributed by atoms with Crippen molar-refractivity contribution in [2.75, 3.05) is 6.54 Å². The quantitative estimate of drug-likeness (QED) is 0.743. The summed E-state index contributed by atoms with van der Waals surface area (Å²) in [5.74, 6) is 0.823. The Morgan fingerprint density at radius 3 is 2.81 bits per heavy atom. The predicted molar refractivity (Wildman–Crippen MR) is 60.7 cm³/mol. The van der Waals surface area contributed by atoms with E-state index in [2.05, 4.69) is 20.4 Å². The first-order valence-electron chi connectivity index (χ1n) is 5.30. The van der Waals surface area contributed by atoms with Crippen LogP contribution in [0.25, 0.3) is 0 Å². The molecule has 0 aliphatic carbocycles. The third-order valence-corrected chi connectivity index (χ3v) is 2.23. The molecule has 0 atom stereocenters. The van der Waals surface area contributed by atoms with Gasteiger partial charge in [-0.05, 0) is 12.1 Å². The number of rotatable bonds is 5. The molecule has 0 fully saturated rings. The van der Waals surface area contributed by atoms with Crippen molar-refractivity contribution < 1.29 is 0 Å². The fourth-order valence-electron chi connectivity index (χ4n) is 1.43. The molecule has 84 valence electrons. The number of hydrogen-bond donors (Lipinski definition) is 1. The highest BCUT2D eigenvalue weighted by atomic mass is 15.2.